The van der Waals surface area contributed by atoms with E-state index in [-0.39, 0.29) is 0 Å². The van der Waals surface area contributed by atoms with Crippen molar-refractivity contribution < 1.29 is 0 Å². The zero-order valence-electron chi connectivity index (χ0n) is 11.4. The van der Waals surface area contributed by atoms with Crippen LogP contribution < -0.4 is 5.32 Å². The fourth-order valence-corrected chi connectivity index (χ4v) is 1.96. The maximum absolute atomic E-state index is 3.77. The van der Waals surface area contributed by atoms with E-state index in [9.17, 15) is 0 Å². The first-order chi connectivity index (χ1) is 8.11. The lowest BCUT2D eigenvalue weighted by atomic mass is 10.0. The summed E-state index contributed by atoms with van der Waals surface area (Å²) >= 11 is 0. The Morgan fingerprint density at radius 3 is 2.53 bits per heavy atom. The summed E-state index contributed by atoms with van der Waals surface area (Å²) in [4.78, 5) is 2.39. The maximum atomic E-state index is 3.77. The molecule has 0 saturated carbocycles. The highest BCUT2D eigenvalue weighted by molar-refractivity contribution is 5.22. The Balaban J connectivity index is 2.49. The van der Waals surface area contributed by atoms with E-state index in [0.29, 0.717) is 12.0 Å². The topological polar surface area (TPSA) is 15.3 Å². The molecule has 17 heavy (non-hydrogen) atoms. The Bertz CT molecular complexity index is 281. The van der Waals surface area contributed by atoms with Crippen LogP contribution in [0.3, 0.4) is 0 Å². The van der Waals surface area contributed by atoms with Crippen molar-refractivity contribution in [3.05, 3.63) is 36.6 Å². The molecule has 0 amide bonds. The summed E-state index contributed by atoms with van der Waals surface area (Å²) in [6.07, 6.45) is 10.7. The molecule has 0 unspecified atom stereocenters. The summed E-state index contributed by atoms with van der Waals surface area (Å²) in [5.74, 6) is 0.586. The monoisotopic (exact) mass is 234 g/mol. The van der Waals surface area contributed by atoms with E-state index in [2.05, 4.69) is 55.9 Å². The molecular weight excluding hydrogens is 208 g/mol. The molecule has 1 N–H and O–H groups in total. The number of hydrogen-bond donors (Lipinski definition) is 1. The van der Waals surface area contributed by atoms with Gasteiger partial charge >= 0.3 is 0 Å². The molecular formula is C15H26N2. The average Bonchev–Trinajstić information content (AvgIpc) is 2.29. The molecule has 1 aliphatic rings. The van der Waals surface area contributed by atoms with Crippen molar-refractivity contribution in [3.63, 3.8) is 0 Å². The van der Waals surface area contributed by atoms with Crippen molar-refractivity contribution in [1.29, 1.82) is 0 Å². The molecule has 0 bridgehead atoms. The molecule has 0 aliphatic carbocycles. The second kappa shape index (κ2) is 7.33. The smallest absolute Gasteiger partial charge is 0.0338 e. The van der Waals surface area contributed by atoms with Crippen LogP contribution in [0, 0.1) is 5.92 Å². The second-order valence-electron chi connectivity index (χ2n) is 5.18. The van der Waals surface area contributed by atoms with Crippen LogP contribution in [-0.2, 0) is 0 Å². The van der Waals surface area contributed by atoms with E-state index in [1.165, 1.54) is 31.6 Å². The van der Waals surface area contributed by atoms with Crippen molar-refractivity contribution in [2.24, 2.45) is 5.92 Å². The van der Waals surface area contributed by atoms with E-state index >= 15 is 0 Å². The molecule has 0 aromatic heterocycles. The first kappa shape index (κ1) is 14.0. The predicted molar refractivity (Wildman–Crippen MR) is 75.9 cm³/mol. The zero-order valence-corrected chi connectivity index (χ0v) is 11.4. The third-order valence-electron chi connectivity index (χ3n) is 3.05. The molecule has 0 atom stereocenters. The first-order valence-electron chi connectivity index (χ1n) is 6.58. The molecule has 0 aromatic carbocycles. The van der Waals surface area contributed by atoms with Crippen LogP contribution in [0.4, 0.5) is 0 Å². The molecule has 1 heterocycles. The van der Waals surface area contributed by atoms with Gasteiger partial charge in [0.15, 0.2) is 0 Å². The highest BCUT2D eigenvalue weighted by Gasteiger charge is 2.16. The number of likely N-dealkylation sites (tertiary alicyclic amines) is 1. The zero-order chi connectivity index (χ0) is 12.7. The van der Waals surface area contributed by atoms with Crippen LogP contribution in [0.2, 0.25) is 0 Å². The molecule has 0 spiro atoms. The Hall–Kier alpha value is -1.02. The van der Waals surface area contributed by atoms with Crippen LogP contribution in [-0.4, -0.2) is 31.1 Å². The number of rotatable bonds is 5. The van der Waals surface area contributed by atoms with Crippen LogP contribution in [0.5, 0.6) is 0 Å². The minimum atomic E-state index is 0.586. The molecule has 0 radical (unpaired) electrons. The summed E-state index contributed by atoms with van der Waals surface area (Å²) in [5, 5.41) is 3.61. The minimum Gasteiger partial charge on any atom is -0.382 e. The molecule has 1 aliphatic heterocycles. The van der Waals surface area contributed by atoms with Crippen LogP contribution in [0.1, 0.15) is 26.7 Å². The van der Waals surface area contributed by atoms with Gasteiger partial charge in [-0.3, -0.25) is 0 Å². The summed E-state index contributed by atoms with van der Waals surface area (Å²) in [7, 11) is 2.19. The molecule has 1 rings (SSSR count). The summed E-state index contributed by atoms with van der Waals surface area (Å²) in [6.45, 7) is 10.5. The van der Waals surface area contributed by atoms with Gasteiger partial charge in [-0.1, -0.05) is 32.6 Å². The SMILES string of the molecule is C=C/C=C(\C=C/C(C)C)NC1CCN(C)CC1. The van der Waals surface area contributed by atoms with Gasteiger partial charge in [0.05, 0.1) is 0 Å². The molecule has 0 aromatic rings. The Morgan fingerprint density at radius 2 is 2.00 bits per heavy atom. The first-order valence-corrected chi connectivity index (χ1v) is 6.58. The number of allylic oxidation sites excluding steroid dienone is 4. The largest absolute Gasteiger partial charge is 0.382 e. The normalized spacial score (nSPS) is 20.1. The highest BCUT2D eigenvalue weighted by Crippen LogP contribution is 2.11. The number of piperidine rings is 1. The van der Waals surface area contributed by atoms with Gasteiger partial charge in [-0.25, -0.2) is 0 Å². The number of nitrogens with one attached hydrogen (secondary N) is 1. The standard InChI is InChI=1S/C15H26N2/c1-5-6-14(8-7-13(2)3)16-15-9-11-17(4)12-10-15/h5-8,13,15-16H,1,9-12H2,2-4H3/b8-7-,14-6+. The quantitative estimate of drug-likeness (QED) is 0.736. The third-order valence-corrected chi connectivity index (χ3v) is 3.05. The second-order valence-corrected chi connectivity index (χ2v) is 5.18. The van der Waals surface area contributed by atoms with Gasteiger partial charge in [0.25, 0.3) is 0 Å². The third kappa shape index (κ3) is 5.73. The van der Waals surface area contributed by atoms with E-state index in [0.717, 1.165) is 0 Å². The van der Waals surface area contributed by atoms with Gasteiger partial charge in [0.2, 0.25) is 0 Å². The van der Waals surface area contributed by atoms with Crippen molar-refractivity contribution in [1.82, 2.24) is 10.2 Å². The molecule has 2 nitrogen and oxygen atoms in total. The number of nitrogens with zero attached hydrogens (tertiary/aromatic N) is 1. The lowest BCUT2D eigenvalue weighted by Crippen LogP contribution is -2.40. The van der Waals surface area contributed by atoms with Crippen LogP contribution in [0.15, 0.2) is 36.6 Å². The van der Waals surface area contributed by atoms with Gasteiger partial charge < -0.3 is 10.2 Å². The van der Waals surface area contributed by atoms with Gasteiger partial charge in [0, 0.05) is 11.7 Å². The van der Waals surface area contributed by atoms with Crippen molar-refractivity contribution in [3.8, 4) is 0 Å². The summed E-state index contributed by atoms with van der Waals surface area (Å²) < 4.78 is 0. The average molecular weight is 234 g/mol. The Morgan fingerprint density at radius 1 is 1.35 bits per heavy atom. The van der Waals surface area contributed by atoms with Gasteiger partial charge in [-0.15, -0.1) is 0 Å². The van der Waals surface area contributed by atoms with Gasteiger partial charge in [-0.2, -0.15) is 0 Å². The van der Waals surface area contributed by atoms with Crippen molar-refractivity contribution in [2.45, 2.75) is 32.7 Å². The van der Waals surface area contributed by atoms with Crippen molar-refractivity contribution in [2.75, 3.05) is 20.1 Å². The predicted octanol–water partition coefficient (Wildman–Crippen LogP) is 2.95. The minimum absolute atomic E-state index is 0.586. The van der Waals surface area contributed by atoms with Crippen LogP contribution in [0.25, 0.3) is 0 Å². The molecule has 2 heteroatoms. The van der Waals surface area contributed by atoms with Gasteiger partial charge in [-0.05, 0) is 51.0 Å². The van der Waals surface area contributed by atoms with E-state index in [4.69, 9.17) is 0 Å². The Labute approximate surface area is 106 Å². The fourth-order valence-electron chi connectivity index (χ4n) is 1.96. The van der Waals surface area contributed by atoms with Gasteiger partial charge in [0.1, 0.15) is 0 Å². The maximum Gasteiger partial charge on any atom is 0.0338 e. The molecule has 96 valence electrons. The van der Waals surface area contributed by atoms with Crippen molar-refractivity contribution >= 4 is 0 Å². The Kier molecular flexibility index (Phi) is 6.06. The van der Waals surface area contributed by atoms with Crippen LogP contribution >= 0.6 is 0 Å². The highest BCUT2D eigenvalue weighted by atomic mass is 15.1. The molecule has 1 fully saturated rings. The van der Waals surface area contributed by atoms with E-state index < -0.39 is 0 Å². The van der Waals surface area contributed by atoms with E-state index in [1.807, 2.05) is 6.08 Å². The fraction of sp³-hybridized carbons (Fsp3) is 0.600. The van der Waals surface area contributed by atoms with E-state index in [1.54, 1.807) is 0 Å². The lowest BCUT2D eigenvalue weighted by Gasteiger charge is -2.30. The number of hydrogen-bond acceptors (Lipinski definition) is 2. The molecule has 1 saturated heterocycles. The lowest BCUT2D eigenvalue weighted by molar-refractivity contribution is 0.242. The summed E-state index contributed by atoms with van der Waals surface area (Å²) in [6, 6.07) is 0.606. The summed E-state index contributed by atoms with van der Waals surface area (Å²) in [5.41, 5.74) is 1.18.